The van der Waals surface area contributed by atoms with E-state index < -0.39 is 33.7 Å². The predicted octanol–water partition coefficient (Wildman–Crippen LogP) is -1.80. The van der Waals surface area contributed by atoms with Crippen LogP contribution in [0, 0.1) is 0 Å². The van der Waals surface area contributed by atoms with Crippen molar-refractivity contribution in [3.05, 3.63) is 0 Å². The molecule has 0 aliphatic carbocycles. The number of nitrogens with two attached hydrogens (primary N) is 1. The standard InChI is InChI=1S/C4H7NO6S/c5-2(1-3(6)7)4(8)12(9,10)11/h2H,1,5H2,(H,6,7)(H,9,10,11)/t2-/m0/s1. The van der Waals surface area contributed by atoms with Crippen LogP contribution in [0.25, 0.3) is 0 Å². The average molecular weight is 197 g/mol. The van der Waals surface area contributed by atoms with Gasteiger partial charge >= 0.3 is 16.1 Å². The van der Waals surface area contributed by atoms with E-state index in [4.69, 9.17) is 15.4 Å². The van der Waals surface area contributed by atoms with Gasteiger partial charge in [0.05, 0.1) is 12.5 Å². The van der Waals surface area contributed by atoms with E-state index in [-0.39, 0.29) is 0 Å². The molecule has 1 atom stereocenters. The third-order valence-corrected chi connectivity index (χ3v) is 1.76. The Balaban J connectivity index is 4.42. The lowest BCUT2D eigenvalue weighted by atomic mass is 10.2. The van der Waals surface area contributed by atoms with Crippen LogP contribution in [0.1, 0.15) is 6.42 Å². The van der Waals surface area contributed by atoms with E-state index >= 15 is 0 Å². The van der Waals surface area contributed by atoms with Gasteiger partial charge in [-0.2, -0.15) is 8.42 Å². The van der Waals surface area contributed by atoms with Crippen LogP contribution in [-0.2, 0) is 19.7 Å². The van der Waals surface area contributed by atoms with Gasteiger partial charge in [-0.1, -0.05) is 0 Å². The average Bonchev–Trinajstić information content (AvgIpc) is 1.82. The van der Waals surface area contributed by atoms with Crippen LogP contribution in [0.2, 0.25) is 0 Å². The molecule has 0 saturated heterocycles. The molecule has 12 heavy (non-hydrogen) atoms. The highest BCUT2D eigenvalue weighted by molar-refractivity contribution is 8.01. The highest BCUT2D eigenvalue weighted by Gasteiger charge is 2.27. The van der Waals surface area contributed by atoms with Crippen LogP contribution >= 0.6 is 0 Å². The van der Waals surface area contributed by atoms with E-state index in [2.05, 4.69) is 0 Å². The van der Waals surface area contributed by atoms with E-state index in [1.807, 2.05) is 0 Å². The minimum absolute atomic E-state index is 0.835. The van der Waals surface area contributed by atoms with Gasteiger partial charge in [-0.25, -0.2) is 0 Å². The number of hydrogen-bond donors (Lipinski definition) is 3. The number of hydrogen-bond acceptors (Lipinski definition) is 5. The first-order valence-corrected chi connectivity index (χ1v) is 4.18. The van der Waals surface area contributed by atoms with Crippen LogP contribution in [0.5, 0.6) is 0 Å². The van der Waals surface area contributed by atoms with Gasteiger partial charge in [-0.3, -0.25) is 14.1 Å². The number of rotatable bonds is 3. The molecule has 7 nitrogen and oxygen atoms in total. The Morgan fingerprint density at radius 2 is 1.83 bits per heavy atom. The van der Waals surface area contributed by atoms with Gasteiger partial charge in [0.1, 0.15) is 0 Å². The normalized spacial score (nSPS) is 13.8. The van der Waals surface area contributed by atoms with E-state index in [9.17, 15) is 18.0 Å². The Hall–Kier alpha value is -0.990. The van der Waals surface area contributed by atoms with Crippen molar-refractivity contribution in [2.75, 3.05) is 0 Å². The number of carboxylic acid groups (broad SMARTS) is 1. The first-order valence-electron chi connectivity index (χ1n) is 2.74. The second-order valence-corrected chi connectivity index (χ2v) is 3.35. The molecule has 0 radical (unpaired) electrons. The van der Waals surface area contributed by atoms with Gasteiger partial charge in [-0.05, 0) is 0 Å². The summed E-state index contributed by atoms with van der Waals surface area (Å²) in [5.41, 5.74) is 4.83. The summed E-state index contributed by atoms with van der Waals surface area (Å²) in [6.45, 7) is 0. The van der Waals surface area contributed by atoms with Gasteiger partial charge in [0, 0.05) is 0 Å². The van der Waals surface area contributed by atoms with Gasteiger partial charge < -0.3 is 10.8 Å². The summed E-state index contributed by atoms with van der Waals surface area (Å²) in [6.07, 6.45) is -0.835. The van der Waals surface area contributed by atoms with Crippen molar-refractivity contribution in [3.8, 4) is 0 Å². The zero-order chi connectivity index (χ0) is 9.94. The molecule has 0 aliphatic rings. The number of carboxylic acids is 1. The van der Waals surface area contributed by atoms with Crippen LogP contribution < -0.4 is 5.73 Å². The lowest BCUT2D eigenvalue weighted by Gasteiger charge is -2.03. The minimum Gasteiger partial charge on any atom is -0.481 e. The summed E-state index contributed by atoms with van der Waals surface area (Å²) >= 11 is 0. The molecule has 0 saturated carbocycles. The molecular weight excluding hydrogens is 190 g/mol. The summed E-state index contributed by atoms with van der Waals surface area (Å²) in [4.78, 5) is 20.4. The fraction of sp³-hybridized carbons (Fsp3) is 0.500. The fourth-order valence-corrected chi connectivity index (χ4v) is 0.929. The maximum Gasteiger partial charge on any atom is 0.330 e. The van der Waals surface area contributed by atoms with Crippen LogP contribution in [-0.4, -0.2) is 35.2 Å². The molecule has 0 fully saturated rings. The van der Waals surface area contributed by atoms with E-state index in [1.165, 1.54) is 0 Å². The second kappa shape index (κ2) is 3.61. The molecule has 0 aromatic carbocycles. The second-order valence-electron chi connectivity index (χ2n) is 2.00. The Morgan fingerprint density at radius 3 is 2.08 bits per heavy atom. The van der Waals surface area contributed by atoms with Crippen molar-refractivity contribution in [1.82, 2.24) is 0 Å². The fourth-order valence-electron chi connectivity index (χ4n) is 0.463. The summed E-state index contributed by atoms with van der Waals surface area (Å²) in [5, 5.41) is 6.40. The number of carbonyl (C=O) groups excluding carboxylic acids is 1. The third kappa shape index (κ3) is 3.42. The predicted molar refractivity (Wildman–Crippen MR) is 36.8 cm³/mol. The van der Waals surface area contributed by atoms with Crippen molar-refractivity contribution >= 4 is 21.2 Å². The molecule has 0 aromatic heterocycles. The molecule has 0 bridgehead atoms. The molecule has 0 heterocycles. The largest absolute Gasteiger partial charge is 0.481 e. The molecular formula is C4H7NO6S. The van der Waals surface area contributed by atoms with E-state index in [0.717, 1.165) is 0 Å². The SMILES string of the molecule is N[C@@H](CC(=O)O)C(=O)S(=O)(=O)O. The zero-order valence-corrected chi connectivity index (χ0v) is 6.61. The molecule has 0 rings (SSSR count). The number of carbonyl (C=O) groups is 2. The highest BCUT2D eigenvalue weighted by Crippen LogP contribution is 1.95. The third-order valence-electron chi connectivity index (χ3n) is 0.952. The van der Waals surface area contributed by atoms with E-state index in [0.29, 0.717) is 0 Å². The first kappa shape index (κ1) is 11.0. The smallest absolute Gasteiger partial charge is 0.330 e. The van der Waals surface area contributed by atoms with Crippen molar-refractivity contribution in [3.63, 3.8) is 0 Å². The minimum atomic E-state index is -4.87. The Morgan fingerprint density at radius 1 is 1.42 bits per heavy atom. The van der Waals surface area contributed by atoms with Crippen LogP contribution in [0.15, 0.2) is 0 Å². The zero-order valence-electron chi connectivity index (χ0n) is 5.80. The lowest BCUT2D eigenvalue weighted by Crippen LogP contribution is -2.37. The van der Waals surface area contributed by atoms with Crippen LogP contribution in [0.4, 0.5) is 0 Å². The Bertz CT molecular complexity index is 293. The lowest BCUT2D eigenvalue weighted by molar-refractivity contribution is -0.138. The summed E-state index contributed by atoms with van der Waals surface area (Å²) in [5.74, 6) is -1.42. The summed E-state index contributed by atoms with van der Waals surface area (Å²) in [6, 6.07) is -1.72. The Kier molecular flexibility index (Phi) is 3.31. The van der Waals surface area contributed by atoms with Crippen molar-refractivity contribution < 1.29 is 27.7 Å². The van der Waals surface area contributed by atoms with E-state index in [1.54, 1.807) is 0 Å². The molecule has 4 N–H and O–H groups in total. The van der Waals surface area contributed by atoms with Crippen molar-refractivity contribution in [2.24, 2.45) is 5.73 Å². The Labute approximate surface area is 67.9 Å². The van der Waals surface area contributed by atoms with Gasteiger partial charge in [-0.15, -0.1) is 0 Å². The highest BCUT2D eigenvalue weighted by atomic mass is 32.2. The molecule has 8 heteroatoms. The summed E-state index contributed by atoms with van der Waals surface area (Å²) in [7, 11) is -4.87. The van der Waals surface area contributed by atoms with Gasteiger partial charge in [0.2, 0.25) is 0 Å². The van der Waals surface area contributed by atoms with Crippen molar-refractivity contribution in [1.29, 1.82) is 0 Å². The topological polar surface area (TPSA) is 135 Å². The molecule has 0 amide bonds. The molecule has 70 valence electrons. The van der Waals surface area contributed by atoms with Gasteiger partial charge in [0.25, 0.3) is 5.12 Å². The molecule has 0 aliphatic heterocycles. The number of aliphatic carboxylic acids is 1. The molecule has 0 unspecified atom stereocenters. The van der Waals surface area contributed by atoms with Crippen molar-refractivity contribution in [2.45, 2.75) is 12.5 Å². The monoisotopic (exact) mass is 197 g/mol. The molecule has 0 spiro atoms. The molecule has 0 aromatic rings. The van der Waals surface area contributed by atoms with Gasteiger partial charge in [0.15, 0.2) is 0 Å². The maximum absolute atomic E-state index is 10.5. The maximum atomic E-state index is 10.5. The first-order chi connectivity index (χ1) is 5.25. The van der Waals surface area contributed by atoms with Crippen LogP contribution in [0.3, 0.4) is 0 Å². The quantitative estimate of drug-likeness (QED) is 0.454. The summed E-state index contributed by atoms with van der Waals surface area (Å²) < 4.78 is 28.3.